The molecule has 0 spiro atoms. The molecular weight excluding hydrogens is 433 g/mol. The van der Waals surface area contributed by atoms with Crippen LogP contribution in [-0.2, 0) is 38.0 Å². The third kappa shape index (κ3) is 6.05. The van der Waals surface area contributed by atoms with E-state index in [1.54, 1.807) is 13.8 Å². The topological polar surface area (TPSA) is 89.5 Å². The molecule has 2 saturated heterocycles. The second kappa shape index (κ2) is 9.97. The Kier molecular flexibility index (Phi) is 8.56. The first-order valence-electron chi connectivity index (χ1n) is 10.1. The van der Waals surface area contributed by atoms with Crippen molar-refractivity contribution in [1.82, 2.24) is 0 Å². The van der Waals surface area contributed by atoms with E-state index < -0.39 is 52.1 Å². The van der Waals surface area contributed by atoms with Gasteiger partial charge in [-0.3, -0.25) is 4.18 Å². The average Bonchev–Trinajstić information content (AvgIpc) is 3.06. The molecule has 2 aliphatic heterocycles. The summed E-state index contributed by atoms with van der Waals surface area (Å²) in [6.45, 7) is 6.65. The molecular formula is C18H31F3O8S. The minimum absolute atomic E-state index is 0.239. The normalized spacial score (nSPS) is 31.2. The third-order valence-corrected chi connectivity index (χ3v) is 5.78. The molecule has 0 aromatic rings. The number of rotatable bonds is 12. The van der Waals surface area contributed by atoms with E-state index in [1.807, 2.05) is 13.8 Å². The number of halogens is 3. The highest BCUT2D eigenvalue weighted by atomic mass is 32.2. The van der Waals surface area contributed by atoms with Gasteiger partial charge in [0.25, 0.3) is 0 Å². The summed E-state index contributed by atoms with van der Waals surface area (Å²) in [5, 5.41) is 0. The molecule has 2 rings (SSSR count). The van der Waals surface area contributed by atoms with Crippen molar-refractivity contribution in [2.75, 3.05) is 26.4 Å². The molecule has 0 N–H and O–H groups in total. The highest BCUT2D eigenvalue weighted by molar-refractivity contribution is 7.87. The van der Waals surface area contributed by atoms with Crippen molar-refractivity contribution >= 4 is 10.1 Å². The zero-order chi connectivity index (χ0) is 22.6. The Labute approximate surface area is 175 Å². The fourth-order valence-electron chi connectivity index (χ4n) is 3.26. The van der Waals surface area contributed by atoms with Gasteiger partial charge < -0.3 is 23.7 Å². The SMILES string of the molecule is CCCCOC[C@@]1(COS(=O)(=O)C(F)(F)F)O[C@@H]2OC(C)(C)O[C@@H]2[C@@H]1OCCCC. The smallest absolute Gasteiger partial charge is 0.378 e. The van der Waals surface area contributed by atoms with Gasteiger partial charge in [-0.05, 0) is 26.7 Å². The molecule has 0 aromatic heterocycles. The fraction of sp³-hybridized carbons (Fsp3) is 1.00. The molecule has 2 aliphatic rings. The second-order valence-corrected chi connectivity index (χ2v) is 9.47. The van der Waals surface area contributed by atoms with E-state index in [0.29, 0.717) is 19.4 Å². The number of hydrogen-bond donors (Lipinski definition) is 0. The first-order chi connectivity index (χ1) is 13.9. The van der Waals surface area contributed by atoms with Crippen LogP contribution in [0.1, 0.15) is 53.4 Å². The van der Waals surface area contributed by atoms with E-state index in [4.69, 9.17) is 23.7 Å². The highest BCUT2D eigenvalue weighted by Gasteiger charge is 2.64. The molecule has 4 atom stereocenters. The van der Waals surface area contributed by atoms with Crippen LogP contribution < -0.4 is 0 Å². The van der Waals surface area contributed by atoms with Crippen LogP contribution in [0.15, 0.2) is 0 Å². The standard InChI is InChI=1S/C18H31F3O8S/c1-5-7-9-24-11-17(12-26-30(22,23)18(19,20)21)14(25-10-8-6-2)13-15(29-17)28-16(3,4)27-13/h13-15H,5-12H2,1-4H3/t13-,14+,15+,17+/m1/s1. The van der Waals surface area contributed by atoms with Crippen molar-refractivity contribution in [3.05, 3.63) is 0 Å². The van der Waals surface area contributed by atoms with Crippen molar-refractivity contribution in [3.63, 3.8) is 0 Å². The monoisotopic (exact) mass is 464 g/mol. The molecule has 0 bridgehead atoms. The molecule has 2 fully saturated rings. The van der Waals surface area contributed by atoms with Gasteiger partial charge in [-0.15, -0.1) is 0 Å². The van der Waals surface area contributed by atoms with E-state index in [2.05, 4.69) is 4.18 Å². The third-order valence-electron chi connectivity index (χ3n) is 4.78. The molecule has 0 aliphatic carbocycles. The van der Waals surface area contributed by atoms with Crippen LogP contribution in [0.5, 0.6) is 0 Å². The minimum atomic E-state index is -5.83. The van der Waals surface area contributed by atoms with Gasteiger partial charge in [0.1, 0.15) is 24.4 Å². The van der Waals surface area contributed by atoms with Crippen LogP contribution in [0, 0.1) is 0 Å². The van der Waals surface area contributed by atoms with Gasteiger partial charge in [0.15, 0.2) is 12.1 Å². The minimum Gasteiger partial charge on any atom is -0.378 e. The summed E-state index contributed by atoms with van der Waals surface area (Å²) in [6, 6.07) is 0. The number of hydrogen-bond acceptors (Lipinski definition) is 8. The molecule has 30 heavy (non-hydrogen) atoms. The maximum atomic E-state index is 12.8. The Morgan fingerprint density at radius 2 is 1.60 bits per heavy atom. The van der Waals surface area contributed by atoms with Crippen LogP contribution in [0.3, 0.4) is 0 Å². The molecule has 0 saturated carbocycles. The van der Waals surface area contributed by atoms with Gasteiger partial charge in [-0.25, -0.2) is 0 Å². The fourth-order valence-corrected chi connectivity index (χ4v) is 3.75. The van der Waals surface area contributed by atoms with Crippen molar-refractivity contribution in [2.45, 2.75) is 88.8 Å². The quantitative estimate of drug-likeness (QED) is 0.247. The van der Waals surface area contributed by atoms with Crippen molar-refractivity contribution in [3.8, 4) is 0 Å². The van der Waals surface area contributed by atoms with Gasteiger partial charge in [-0.2, -0.15) is 21.6 Å². The summed E-state index contributed by atoms with van der Waals surface area (Å²) < 4.78 is 94.6. The molecule has 0 amide bonds. The molecule has 0 unspecified atom stereocenters. The van der Waals surface area contributed by atoms with Gasteiger partial charge in [0, 0.05) is 13.2 Å². The lowest BCUT2D eigenvalue weighted by Gasteiger charge is -2.36. The van der Waals surface area contributed by atoms with Crippen molar-refractivity contribution < 1.29 is 49.5 Å². The zero-order valence-corrected chi connectivity index (χ0v) is 18.5. The van der Waals surface area contributed by atoms with Crippen LogP contribution >= 0.6 is 0 Å². The molecule has 2 heterocycles. The number of unbranched alkanes of at least 4 members (excludes halogenated alkanes) is 2. The maximum Gasteiger partial charge on any atom is 0.523 e. The lowest BCUT2D eigenvalue weighted by atomic mass is 9.96. The van der Waals surface area contributed by atoms with Crippen molar-refractivity contribution in [2.24, 2.45) is 0 Å². The van der Waals surface area contributed by atoms with Gasteiger partial charge in [0.05, 0.1) is 6.61 Å². The van der Waals surface area contributed by atoms with Crippen LogP contribution in [0.25, 0.3) is 0 Å². The van der Waals surface area contributed by atoms with Gasteiger partial charge in [0.2, 0.25) is 0 Å². The molecule has 178 valence electrons. The van der Waals surface area contributed by atoms with E-state index in [9.17, 15) is 21.6 Å². The first-order valence-corrected chi connectivity index (χ1v) is 11.5. The lowest BCUT2D eigenvalue weighted by molar-refractivity contribution is -0.258. The maximum absolute atomic E-state index is 12.8. The van der Waals surface area contributed by atoms with E-state index in [1.165, 1.54) is 0 Å². The Balaban J connectivity index is 2.26. The van der Waals surface area contributed by atoms with Crippen LogP contribution in [0.2, 0.25) is 0 Å². The number of ether oxygens (including phenoxy) is 5. The van der Waals surface area contributed by atoms with Crippen molar-refractivity contribution in [1.29, 1.82) is 0 Å². The lowest BCUT2D eigenvalue weighted by Crippen LogP contribution is -2.54. The number of fused-ring (bicyclic) bond motifs is 1. The Bertz CT molecular complexity index is 654. The molecule has 0 aromatic carbocycles. The summed E-state index contributed by atoms with van der Waals surface area (Å²) in [4.78, 5) is 0. The molecule has 8 nitrogen and oxygen atoms in total. The first kappa shape index (κ1) is 25.8. The largest absolute Gasteiger partial charge is 0.523 e. The second-order valence-electron chi connectivity index (χ2n) is 7.86. The van der Waals surface area contributed by atoms with Crippen LogP contribution in [-0.4, -0.2) is 70.2 Å². The summed E-state index contributed by atoms with van der Waals surface area (Å²) in [5.41, 5.74) is -7.20. The summed E-state index contributed by atoms with van der Waals surface area (Å²) >= 11 is 0. The number of alkyl halides is 3. The molecule has 12 heteroatoms. The van der Waals surface area contributed by atoms with E-state index in [-0.39, 0.29) is 13.2 Å². The van der Waals surface area contributed by atoms with Gasteiger partial charge >= 0.3 is 15.6 Å². The average molecular weight is 464 g/mol. The summed E-state index contributed by atoms with van der Waals surface area (Å²) in [6.07, 6.45) is 0.389. The Hall–Kier alpha value is -0.500. The van der Waals surface area contributed by atoms with Gasteiger partial charge in [-0.1, -0.05) is 26.7 Å². The molecule has 0 radical (unpaired) electrons. The predicted octanol–water partition coefficient (Wildman–Crippen LogP) is 3.10. The Morgan fingerprint density at radius 3 is 2.20 bits per heavy atom. The zero-order valence-electron chi connectivity index (χ0n) is 17.7. The van der Waals surface area contributed by atoms with Crippen LogP contribution in [0.4, 0.5) is 13.2 Å². The summed E-state index contributed by atoms with van der Waals surface area (Å²) in [5.74, 6) is -0.990. The van der Waals surface area contributed by atoms with E-state index >= 15 is 0 Å². The van der Waals surface area contributed by atoms with E-state index in [0.717, 1.165) is 12.8 Å². The predicted molar refractivity (Wildman–Crippen MR) is 98.9 cm³/mol. The Morgan fingerprint density at radius 1 is 0.967 bits per heavy atom. The highest BCUT2D eigenvalue weighted by Crippen LogP contribution is 2.44. The summed E-state index contributed by atoms with van der Waals surface area (Å²) in [7, 11) is -5.83.